The quantitative estimate of drug-likeness (QED) is 0.508. The van der Waals surface area contributed by atoms with Crippen LogP contribution in [-0.4, -0.2) is 23.0 Å². The lowest BCUT2D eigenvalue weighted by molar-refractivity contribution is -0.314. The van der Waals surface area contributed by atoms with Crippen molar-refractivity contribution in [2.45, 2.75) is 26.2 Å². The van der Waals surface area contributed by atoms with Crippen LogP contribution in [0.25, 0.3) is 0 Å². The van der Waals surface area contributed by atoms with E-state index in [1.54, 1.807) is 0 Å². The Labute approximate surface area is 132 Å². The second-order valence-electron chi connectivity index (χ2n) is 4.25. The Morgan fingerprint density at radius 3 is 2.43 bits per heavy atom. The first-order chi connectivity index (χ1) is 9.68. The van der Waals surface area contributed by atoms with E-state index in [-0.39, 0.29) is 22.6 Å². The highest BCUT2D eigenvalue weighted by Crippen LogP contribution is 2.24. The second kappa shape index (κ2) is 6.93. The highest BCUT2D eigenvalue weighted by atomic mass is 35.5. The van der Waals surface area contributed by atoms with Crippen LogP contribution in [0, 0.1) is 0 Å². The van der Waals surface area contributed by atoms with Crippen molar-refractivity contribution in [3.8, 4) is 0 Å². The number of ether oxygens (including phenoxy) is 2. The summed E-state index contributed by atoms with van der Waals surface area (Å²) < 4.78 is 9.53. The average molecular weight is 333 g/mol. The summed E-state index contributed by atoms with van der Waals surface area (Å²) in [5, 5.41) is 10.4. The van der Waals surface area contributed by atoms with Crippen molar-refractivity contribution < 1.29 is 24.2 Å². The molecule has 114 valence electrons. The highest BCUT2D eigenvalue weighted by Gasteiger charge is 2.35. The molecule has 0 aromatic heterocycles. The minimum atomic E-state index is -2.39. The monoisotopic (exact) mass is 332 g/mol. The van der Waals surface area contributed by atoms with Gasteiger partial charge in [-0.15, -0.1) is 0 Å². The van der Waals surface area contributed by atoms with E-state index in [0.717, 1.165) is 0 Å². The van der Waals surface area contributed by atoms with Gasteiger partial charge in [0.15, 0.2) is 0 Å². The van der Waals surface area contributed by atoms with Crippen LogP contribution in [0.3, 0.4) is 0 Å². The van der Waals surface area contributed by atoms with Gasteiger partial charge in [0, 0.05) is 10.6 Å². The molecule has 1 atom stereocenters. The van der Waals surface area contributed by atoms with E-state index < -0.39 is 17.9 Å². The maximum absolute atomic E-state index is 12.0. The van der Waals surface area contributed by atoms with Gasteiger partial charge in [0.05, 0.1) is 17.0 Å². The van der Waals surface area contributed by atoms with E-state index in [0.29, 0.717) is 5.02 Å². The van der Waals surface area contributed by atoms with E-state index in [1.165, 1.54) is 32.0 Å². The van der Waals surface area contributed by atoms with Gasteiger partial charge in [-0.25, -0.2) is 9.59 Å². The summed E-state index contributed by atoms with van der Waals surface area (Å²) in [4.78, 5) is 23.4. The molecule has 5 nitrogen and oxygen atoms in total. The molecule has 1 unspecified atom stereocenters. The van der Waals surface area contributed by atoms with Crippen LogP contribution in [-0.2, 0) is 14.3 Å². The van der Waals surface area contributed by atoms with Crippen molar-refractivity contribution in [3.63, 3.8) is 0 Å². The molecule has 0 saturated heterocycles. The maximum Gasteiger partial charge on any atom is 0.373 e. The van der Waals surface area contributed by atoms with Crippen LogP contribution in [0.5, 0.6) is 0 Å². The molecule has 0 saturated carbocycles. The predicted octanol–water partition coefficient (Wildman–Crippen LogP) is 3.33. The number of carbonyl (C=O) groups excluding carboxylic acids is 2. The molecule has 0 amide bonds. The van der Waals surface area contributed by atoms with E-state index in [1.807, 2.05) is 0 Å². The lowest BCUT2D eigenvalue weighted by Crippen LogP contribution is -2.39. The first-order valence-electron chi connectivity index (χ1n) is 5.98. The van der Waals surface area contributed by atoms with E-state index in [2.05, 4.69) is 6.58 Å². The van der Waals surface area contributed by atoms with Gasteiger partial charge in [-0.3, -0.25) is 0 Å². The zero-order valence-electron chi connectivity index (χ0n) is 11.5. The summed E-state index contributed by atoms with van der Waals surface area (Å²) in [7, 11) is 0. The summed E-state index contributed by atoms with van der Waals surface area (Å²) in [6.07, 6.45) is -0.164. The number of carbonyl (C=O) groups is 2. The Hall–Kier alpha value is -1.56. The molecule has 0 spiro atoms. The van der Waals surface area contributed by atoms with Crippen LogP contribution in [0.15, 0.2) is 30.4 Å². The third-order valence-corrected chi connectivity index (χ3v) is 3.00. The van der Waals surface area contributed by atoms with E-state index in [4.69, 9.17) is 32.7 Å². The Kier molecular flexibility index (Phi) is 5.78. The van der Waals surface area contributed by atoms with Gasteiger partial charge < -0.3 is 14.6 Å². The predicted molar refractivity (Wildman–Crippen MR) is 78.0 cm³/mol. The fourth-order valence-corrected chi connectivity index (χ4v) is 1.74. The van der Waals surface area contributed by atoms with Gasteiger partial charge in [0.25, 0.3) is 0 Å². The van der Waals surface area contributed by atoms with Gasteiger partial charge in [-0.1, -0.05) is 36.7 Å². The van der Waals surface area contributed by atoms with Crippen molar-refractivity contribution in [2.75, 3.05) is 0 Å². The largest absolute Gasteiger partial charge is 0.395 e. The van der Waals surface area contributed by atoms with Crippen molar-refractivity contribution in [1.29, 1.82) is 0 Å². The molecule has 1 aromatic carbocycles. The molecule has 7 heteroatoms. The molecule has 21 heavy (non-hydrogen) atoms. The van der Waals surface area contributed by atoms with E-state index >= 15 is 0 Å². The summed E-state index contributed by atoms with van der Waals surface area (Å²) in [5.74, 6) is -4.22. The molecule has 0 aliphatic carbocycles. The molecule has 0 heterocycles. The lowest BCUT2D eigenvalue weighted by atomic mass is 10.2. The highest BCUT2D eigenvalue weighted by molar-refractivity contribution is 6.36. The van der Waals surface area contributed by atoms with Crippen LogP contribution in [0.2, 0.25) is 10.0 Å². The normalized spacial score (nSPS) is 13.2. The minimum Gasteiger partial charge on any atom is -0.395 e. The molecule has 0 aliphatic heterocycles. The molecule has 0 radical (unpaired) electrons. The van der Waals surface area contributed by atoms with Gasteiger partial charge in [-0.2, -0.15) is 0 Å². The van der Waals surface area contributed by atoms with Gasteiger partial charge >= 0.3 is 17.9 Å². The third kappa shape index (κ3) is 4.74. The van der Waals surface area contributed by atoms with E-state index in [9.17, 15) is 14.7 Å². The Morgan fingerprint density at radius 2 is 1.95 bits per heavy atom. The minimum absolute atomic E-state index is 0.0145. The third-order valence-electron chi connectivity index (χ3n) is 2.45. The zero-order valence-corrected chi connectivity index (χ0v) is 13.0. The smallest absolute Gasteiger partial charge is 0.373 e. The first-order valence-corrected chi connectivity index (χ1v) is 6.73. The van der Waals surface area contributed by atoms with Gasteiger partial charge in [-0.05, 0) is 25.1 Å². The number of hydrogen-bond acceptors (Lipinski definition) is 5. The van der Waals surface area contributed by atoms with Crippen molar-refractivity contribution in [3.05, 3.63) is 46.0 Å². The second-order valence-corrected chi connectivity index (χ2v) is 5.09. The van der Waals surface area contributed by atoms with Crippen molar-refractivity contribution >= 4 is 35.1 Å². The maximum atomic E-state index is 12.0. The summed E-state index contributed by atoms with van der Waals surface area (Å²) >= 11 is 11.6. The topological polar surface area (TPSA) is 72.8 Å². The molecular weight excluding hydrogens is 319 g/mol. The number of benzene rings is 1. The SMILES string of the molecule is C=C(C)C(=O)OC(O)(CC)OC(=O)c1ccc(Cl)cc1Cl. The summed E-state index contributed by atoms with van der Waals surface area (Å²) in [5.41, 5.74) is 0.0433. The molecule has 1 N–H and O–H groups in total. The van der Waals surface area contributed by atoms with Crippen LogP contribution >= 0.6 is 23.2 Å². The number of rotatable bonds is 5. The standard InChI is InChI=1S/C14H14Cl2O5/c1-4-14(19,20-12(17)8(2)3)21-13(18)10-6-5-9(15)7-11(10)16/h5-7,19H,2,4H2,1,3H3. The summed E-state index contributed by atoms with van der Waals surface area (Å²) in [6.45, 7) is 6.25. The Balaban J connectivity index is 2.92. The molecule has 0 aliphatic rings. The van der Waals surface area contributed by atoms with Crippen molar-refractivity contribution in [1.82, 2.24) is 0 Å². The number of halogens is 2. The Morgan fingerprint density at radius 1 is 1.33 bits per heavy atom. The number of aliphatic hydroxyl groups is 1. The molecule has 1 rings (SSSR count). The number of esters is 2. The van der Waals surface area contributed by atoms with Crippen LogP contribution in [0.1, 0.15) is 30.6 Å². The first kappa shape index (κ1) is 17.5. The van der Waals surface area contributed by atoms with Gasteiger partial charge in [0.1, 0.15) is 0 Å². The zero-order chi connectivity index (χ0) is 16.2. The Bertz CT molecular complexity index is 585. The fraction of sp³-hybridized carbons (Fsp3) is 0.286. The summed E-state index contributed by atoms with van der Waals surface area (Å²) in [6, 6.07) is 4.13. The van der Waals surface area contributed by atoms with Gasteiger partial charge in [0.2, 0.25) is 0 Å². The fourth-order valence-electron chi connectivity index (χ4n) is 1.25. The number of hydrogen-bond donors (Lipinski definition) is 1. The molecule has 0 bridgehead atoms. The average Bonchev–Trinajstić information content (AvgIpc) is 2.38. The molecule has 0 fully saturated rings. The van der Waals surface area contributed by atoms with Crippen molar-refractivity contribution in [2.24, 2.45) is 0 Å². The van der Waals surface area contributed by atoms with Crippen LogP contribution < -0.4 is 0 Å². The van der Waals surface area contributed by atoms with Crippen LogP contribution in [0.4, 0.5) is 0 Å². The molecule has 1 aromatic rings. The lowest BCUT2D eigenvalue weighted by Gasteiger charge is -2.25. The molecular formula is C14H14Cl2O5.